The van der Waals surface area contributed by atoms with Crippen LogP contribution in [0.3, 0.4) is 0 Å². The zero-order valence-electron chi connectivity index (χ0n) is 11.3. The summed E-state index contributed by atoms with van der Waals surface area (Å²) in [6, 6.07) is 9.14. The fourth-order valence-electron chi connectivity index (χ4n) is 1.89. The molecule has 1 amide bonds. The summed E-state index contributed by atoms with van der Waals surface area (Å²) in [5.41, 5.74) is 10.2. The molecular weight excluding hydrogens is 238 g/mol. The average molecular weight is 255 g/mol. The molecule has 0 spiro atoms. The molecule has 0 radical (unpaired) electrons. The van der Waals surface area contributed by atoms with Crippen LogP contribution in [0.2, 0.25) is 0 Å². The van der Waals surface area contributed by atoms with Gasteiger partial charge in [0.05, 0.1) is 22.6 Å². The molecule has 0 fully saturated rings. The molecule has 98 valence electrons. The Morgan fingerprint density at radius 1 is 1.16 bits per heavy atom. The molecule has 0 unspecified atom stereocenters. The van der Waals surface area contributed by atoms with Crippen molar-refractivity contribution in [2.24, 2.45) is 0 Å². The Morgan fingerprint density at radius 2 is 1.89 bits per heavy atom. The fourth-order valence-corrected chi connectivity index (χ4v) is 1.89. The Morgan fingerprint density at radius 3 is 2.58 bits per heavy atom. The molecule has 0 aliphatic heterocycles. The minimum absolute atomic E-state index is 0.192. The summed E-state index contributed by atoms with van der Waals surface area (Å²) >= 11 is 0. The van der Waals surface area contributed by atoms with E-state index in [4.69, 9.17) is 5.73 Å². The first-order valence-electron chi connectivity index (χ1n) is 6.09. The van der Waals surface area contributed by atoms with Crippen LogP contribution >= 0.6 is 0 Å². The molecule has 19 heavy (non-hydrogen) atoms. The fraction of sp³-hybridized carbons (Fsp3) is 0.200. The van der Waals surface area contributed by atoms with Crippen LogP contribution in [0.1, 0.15) is 27.3 Å². The lowest BCUT2D eigenvalue weighted by molar-refractivity contribution is 0.102. The third-order valence-electron chi connectivity index (χ3n) is 2.93. The summed E-state index contributed by atoms with van der Waals surface area (Å²) in [6.07, 6.45) is 0. The molecule has 0 aliphatic carbocycles. The summed E-state index contributed by atoms with van der Waals surface area (Å²) in [5.74, 6) is -0.192. The van der Waals surface area contributed by atoms with Gasteiger partial charge in [0.1, 0.15) is 0 Å². The number of rotatable bonds is 2. The maximum Gasteiger partial charge on any atom is 0.257 e. The summed E-state index contributed by atoms with van der Waals surface area (Å²) in [6.45, 7) is 5.67. The maximum absolute atomic E-state index is 12.2. The zero-order chi connectivity index (χ0) is 14.0. The lowest BCUT2D eigenvalue weighted by Gasteiger charge is -2.10. The van der Waals surface area contributed by atoms with Crippen molar-refractivity contribution in [1.29, 1.82) is 0 Å². The molecule has 0 saturated heterocycles. The van der Waals surface area contributed by atoms with Crippen LogP contribution in [-0.2, 0) is 0 Å². The molecule has 0 atom stereocenters. The highest BCUT2D eigenvalue weighted by molar-refractivity contribution is 6.06. The van der Waals surface area contributed by atoms with Gasteiger partial charge in [0.2, 0.25) is 0 Å². The molecule has 0 bridgehead atoms. The van der Waals surface area contributed by atoms with Gasteiger partial charge in [0.25, 0.3) is 5.91 Å². The number of hydrogen-bond donors (Lipinski definition) is 2. The molecule has 1 aromatic heterocycles. The van der Waals surface area contributed by atoms with E-state index in [0.29, 0.717) is 22.6 Å². The number of nitrogens with one attached hydrogen (secondary N) is 1. The average Bonchev–Trinajstić information content (AvgIpc) is 2.33. The van der Waals surface area contributed by atoms with Crippen LogP contribution in [0.4, 0.5) is 11.4 Å². The Labute approximate surface area is 112 Å². The van der Waals surface area contributed by atoms with Gasteiger partial charge >= 0.3 is 0 Å². The van der Waals surface area contributed by atoms with Crippen LogP contribution in [0, 0.1) is 20.8 Å². The Bertz CT molecular complexity index is 635. The van der Waals surface area contributed by atoms with Gasteiger partial charge in [-0.15, -0.1) is 0 Å². The van der Waals surface area contributed by atoms with E-state index >= 15 is 0 Å². The summed E-state index contributed by atoms with van der Waals surface area (Å²) in [4.78, 5) is 16.5. The molecule has 1 aromatic carbocycles. The van der Waals surface area contributed by atoms with Crippen molar-refractivity contribution in [2.45, 2.75) is 20.8 Å². The Kier molecular flexibility index (Phi) is 3.51. The number of amides is 1. The normalized spacial score (nSPS) is 10.3. The van der Waals surface area contributed by atoms with Crippen molar-refractivity contribution in [3.8, 4) is 0 Å². The highest BCUT2D eigenvalue weighted by atomic mass is 16.1. The van der Waals surface area contributed by atoms with E-state index in [2.05, 4.69) is 10.3 Å². The smallest absolute Gasteiger partial charge is 0.257 e. The van der Waals surface area contributed by atoms with Crippen LogP contribution in [0.25, 0.3) is 0 Å². The number of nitrogens with zero attached hydrogens (tertiary/aromatic N) is 1. The number of nitrogen functional groups attached to an aromatic ring is 1. The van der Waals surface area contributed by atoms with E-state index in [0.717, 1.165) is 11.3 Å². The largest absolute Gasteiger partial charge is 0.397 e. The van der Waals surface area contributed by atoms with E-state index < -0.39 is 0 Å². The van der Waals surface area contributed by atoms with Gasteiger partial charge in [0, 0.05) is 5.69 Å². The number of benzene rings is 1. The minimum atomic E-state index is -0.192. The second-order valence-electron chi connectivity index (χ2n) is 4.63. The van der Waals surface area contributed by atoms with Gasteiger partial charge in [-0.05, 0) is 50.6 Å². The standard InChI is InChI=1S/C15H17N3O/c1-9-4-7-13(16)14(8-9)18-15(19)12-6-5-10(2)17-11(12)3/h4-8H,16H2,1-3H3,(H,18,19). The zero-order valence-corrected chi connectivity index (χ0v) is 11.3. The summed E-state index contributed by atoms with van der Waals surface area (Å²) in [5, 5.41) is 2.82. The molecule has 1 heterocycles. The second kappa shape index (κ2) is 5.10. The molecule has 2 aromatic rings. The summed E-state index contributed by atoms with van der Waals surface area (Å²) < 4.78 is 0. The van der Waals surface area contributed by atoms with E-state index in [9.17, 15) is 4.79 Å². The quantitative estimate of drug-likeness (QED) is 0.811. The molecule has 3 N–H and O–H groups in total. The Balaban J connectivity index is 2.28. The second-order valence-corrected chi connectivity index (χ2v) is 4.63. The van der Waals surface area contributed by atoms with Crippen molar-refractivity contribution >= 4 is 17.3 Å². The minimum Gasteiger partial charge on any atom is -0.397 e. The van der Waals surface area contributed by atoms with Crippen LogP contribution in [0.15, 0.2) is 30.3 Å². The molecular formula is C15H17N3O. The number of aryl methyl sites for hydroxylation is 3. The number of pyridine rings is 1. The molecule has 2 rings (SSSR count). The number of aromatic nitrogens is 1. The van der Waals surface area contributed by atoms with Crippen molar-refractivity contribution in [3.63, 3.8) is 0 Å². The number of carbonyl (C=O) groups is 1. The van der Waals surface area contributed by atoms with E-state index in [-0.39, 0.29) is 5.91 Å². The van der Waals surface area contributed by atoms with Crippen LogP contribution in [-0.4, -0.2) is 10.9 Å². The van der Waals surface area contributed by atoms with E-state index in [1.165, 1.54) is 0 Å². The topological polar surface area (TPSA) is 68.0 Å². The maximum atomic E-state index is 12.2. The van der Waals surface area contributed by atoms with Crippen molar-refractivity contribution in [1.82, 2.24) is 4.98 Å². The van der Waals surface area contributed by atoms with E-state index in [1.54, 1.807) is 12.1 Å². The highest BCUT2D eigenvalue weighted by Gasteiger charge is 2.11. The lowest BCUT2D eigenvalue weighted by Crippen LogP contribution is -2.15. The van der Waals surface area contributed by atoms with Gasteiger partial charge < -0.3 is 11.1 Å². The number of carbonyl (C=O) groups excluding carboxylic acids is 1. The molecule has 4 nitrogen and oxygen atoms in total. The number of hydrogen-bond acceptors (Lipinski definition) is 3. The molecule has 4 heteroatoms. The third kappa shape index (κ3) is 2.91. The van der Waals surface area contributed by atoms with Gasteiger partial charge in [-0.2, -0.15) is 0 Å². The first-order chi connectivity index (χ1) is 8.97. The predicted octanol–water partition coefficient (Wildman–Crippen LogP) is 2.84. The van der Waals surface area contributed by atoms with Gasteiger partial charge in [-0.1, -0.05) is 6.07 Å². The van der Waals surface area contributed by atoms with Crippen molar-refractivity contribution in [2.75, 3.05) is 11.1 Å². The highest BCUT2D eigenvalue weighted by Crippen LogP contribution is 2.20. The summed E-state index contributed by atoms with van der Waals surface area (Å²) in [7, 11) is 0. The van der Waals surface area contributed by atoms with Gasteiger partial charge in [-0.3, -0.25) is 9.78 Å². The number of anilines is 2. The van der Waals surface area contributed by atoms with Crippen LogP contribution in [0.5, 0.6) is 0 Å². The van der Waals surface area contributed by atoms with Gasteiger partial charge in [0.15, 0.2) is 0 Å². The van der Waals surface area contributed by atoms with Crippen molar-refractivity contribution in [3.05, 3.63) is 52.8 Å². The Hall–Kier alpha value is -2.36. The third-order valence-corrected chi connectivity index (χ3v) is 2.93. The van der Waals surface area contributed by atoms with E-state index in [1.807, 2.05) is 39.0 Å². The van der Waals surface area contributed by atoms with Gasteiger partial charge in [-0.25, -0.2) is 0 Å². The monoisotopic (exact) mass is 255 g/mol. The molecule has 0 aliphatic rings. The van der Waals surface area contributed by atoms with Crippen LogP contribution < -0.4 is 11.1 Å². The SMILES string of the molecule is Cc1ccc(N)c(NC(=O)c2ccc(C)nc2C)c1. The number of nitrogens with two attached hydrogens (primary N) is 1. The first-order valence-corrected chi connectivity index (χ1v) is 6.09. The van der Waals surface area contributed by atoms with Crippen molar-refractivity contribution < 1.29 is 4.79 Å². The predicted molar refractivity (Wildman–Crippen MR) is 77.3 cm³/mol. The lowest BCUT2D eigenvalue weighted by atomic mass is 10.1. The first kappa shape index (κ1) is 13.1. The molecule has 0 saturated carbocycles.